The molecule has 2 N–H and O–H groups in total. The van der Waals surface area contributed by atoms with E-state index in [2.05, 4.69) is 10.3 Å². The van der Waals surface area contributed by atoms with Crippen LogP contribution in [0.5, 0.6) is 0 Å². The van der Waals surface area contributed by atoms with Crippen molar-refractivity contribution < 1.29 is 9.90 Å². The van der Waals surface area contributed by atoms with Crippen LogP contribution in [0.15, 0.2) is 65.6 Å². The maximum Gasteiger partial charge on any atom is 0.334 e. The molecule has 0 aliphatic carbocycles. The summed E-state index contributed by atoms with van der Waals surface area (Å²) >= 11 is 0. The van der Waals surface area contributed by atoms with Crippen molar-refractivity contribution in [1.29, 1.82) is 0 Å². The fraction of sp³-hybridized carbons (Fsp3) is 0.200. The van der Waals surface area contributed by atoms with Gasteiger partial charge in [-0.2, -0.15) is 0 Å². The van der Waals surface area contributed by atoms with Gasteiger partial charge in [-0.1, -0.05) is 30.3 Å². The largest absolute Gasteiger partial charge is 0.478 e. The molecule has 0 saturated heterocycles. The number of hydrogen-bond acceptors (Lipinski definition) is 3. The van der Waals surface area contributed by atoms with E-state index < -0.39 is 5.97 Å². The van der Waals surface area contributed by atoms with Crippen molar-refractivity contribution in [3.63, 3.8) is 0 Å². The van der Waals surface area contributed by atoms with E-state index in [1.54, 1.807) is 6.20 Å². The molecule has 0 amide bonds. The van der Waals surface area contributed by atoms with Gasteiger partial charge in [0.15, 0.2) is 0 Å². The lowest BCUT2D eigenvalue weighted by atomic mass is 9.77. The van der Waals surface area contributed by atoms with Crippen LogP contribution in [0.3, 0.4) is 0 Å². The number of aryl methyl sites for hydroxylation is 1. The van der Waals surface area contributed by atoms with Gasteiger partial charge in [0.2, 0.25) is 0 Å². The zero-order chi connectivity index (χ0) is 17.3. The number of carboxylic acids is 1. The molecule has 2 heterocycles. The molecule has 1 atom stereocenters. The van der Waals surface area contributed by atoms with E-state index in [9.17, 15) is 9.90 Å². The van der Waals surface area contributed by atoms with Gasteiger partial charge in [0.25, 0.3) is 0 Å². The van der Waals surface area contributed by atoms with Crippen molar-refractivity contribution in [3.05, 3.63) is 82.4 Å². The number of nitrogens with one attached hydrogen (secondary N) is 1. The van der Waals surface area contributed by atoms with Crippen LogP contribution in [0.4, 0.5) is 0 Å². The number of aliphatic carboxylic acids is 1. The van der Waals surface area contributed by atoms with Crippen LogP contribution < -0.4 is 5.32 Å². The Hall–Kier alpha value is -2.88. The summed E-state index contributed by atoms with van der Waals surface area (Å²) in [5, 5.41) is 13.1. The number of nitrogens with zero attached hydrogens (tertiary/aromatic N) is 1. The molecular weight excluding hydrogens is 300 g/mol. The van der Waals surface area contributed by atoms with Crippen molar-refractivity contribution >= 4 is 11.5 Å². The summed E-state index contributed by atoms with van der Waals surface area (Å²) in [6.45, 7) is 5.79. The van der Waals surface area contributed by atoms with E-state index in [1.807, 2.05) is 63.2 Å². The third kappa shape index (κ3) is 2.71. The zero-order valence-electron chi connectivity index (χ0n) is 14.0. The second-order valence-corrected chi connectivity index (χ2v) is 6.01. The highest BCUT2D eigenvalue weighted by Gasteiger charge is 2.34. The number of aromatic nitrogens is 1. The molecule has 1 aromatic heterocycles. The smallest absolute Gasteiger partial charge is 0.334 e. The van der Waals surface area contributed by atoms with Crippen molar-refractivity contribution in [3.8, 4) is 0 Å². The van der Waals surface area contributed by atoms with Crippen LogP contribution in [-0.2, 0) is 4.79 Å². The summed E-state index contributed by atoms with van der Waals surface area (Å²) in [6.07, 6.45) is 1.73. The molecule has 0 radical (unpaired) electrons. The summed E-state index contributed by atoms with van der Waals surface area (Å²) in [6, 6.07) is 13.6. The predicted octanol–water partition coefficient (Wildman–Crippen LogP) is 3.87. The monoisotopic (exact) mass is 320 g/mol. The summed E-state index contributed by atoms with van der Waals surface area (Å²) < 4.78 is 0. The average molecular weight is 320 g/mol. The van der Waals surface area contributed by atoms with Gasteiger partial charge in [-0.3, -0.25) is 4.98 Å². The van der Waals surface area contributed by atoms with Crippen LogP contribution in [0.1, 0.15) is 36.6 Å². The van der Waals surface area contributed by atoms with Gasteiger partial charge in [-0.15, -0.1) is 0 Å². The molecule has 4 nitrogen and oxygen atoms in total. The van der Waals surface area contributed by atoms with Crippen LogP contribution in [-0.4, -0.2) is 16.1 Å². The molecule has 2 aromatic rings. The Morgan fingerprint density at radius 1 is 1.04 bits per heavy atom. The normalized spacial score (nSPS) is 17.7. The number of carbonyl (C=O) groups is 1. The fourth-order valence-corrected chi connectivity index (χ4v) is 3.36. The Morgan fingerprint density at radius 2 is 1.75 bits per heavy atom. The van der Waals surface area contributed by atoms with Crippen LogP contribution >= 0.6 is 0 Å². The lowest BCUT2D eigenvalue weighted by Gasteiger charge is -2.31. The van der Waals surface area contributed by atoms with Crippen LogP contribution in [0.2, 0.25) is 0 Å². The third-order valence-electron chi connectivity index (χ3n) is 4.43. The number of rotatable bonds is 3. The topological polar surface area (TPSA) is 62.2 Å². The van der Waals surface area contributed by atoms with E-state index in [0.29, 0.717) is 11.3 Å². The minimum Gasteiger partial charge on any atom is -0.478 e. The molecule has 122 valence electrons. The highest BCUT2D eigenvalue weighted by Crippen LogP contribution is 2.43. The first kappa shape index (κ1) is 16.0. The SMILES string of the molecule is CC1=C(C(=O)O)C(c2ccccc2C)C(c2ccccn2)=C(C)N1. The molecule has 4 heteroatoms. The lowest BCUT2D eigenvalue weighted by Crippen LogP contribution is -2.28. The zero-order valence-corrected chi connectivity index (χ0v) is 14.0. The summed E-state index contributed by atoms with van der Waals surface area (Å²) in [7, 11) is 0. The van der Waals surface area contributed by atoms with Gasteiger partial charge in [-0.05, 0) is 44.0 Å². The van der Waals surface area contributed by atoms with Crippen molar-refractivity contribution in [2.75, 3.05) is 0 Å². The van der Waals surface area contributed by atoms with Crippen molar-refractivity contribution in [2.24, 2.45) is 0 Å². The van der Waals surface area contributed by atoms with Gasteiger partial charge in [0, 0.05) is 29.1 Å². The Bertz CT molecular complexity index is 851. The number of carboxylic acid groups (broad SMARTS) is 1. The Labute approximate surface area is 141 Å². The van der Waals surface area contributed by atoms with Crippen LogP contribution in [0.25, 0.3) is 5.57 Å². The standard InChI is InChI=1S/C20H20N2O2/c1-12-8-4-5-9-15(12)19-17(16-10-6-7-11-21-16)13(2)22-14(3)18(19)20(23)24/h4-11,19,22H,1-3H3,(H,23,24). The van der Waals surface area contributed by atoms with Gasteiger partial charge < -0.3 is 10.4 Å². The van der Waals surface area contributed by atoms with E-state index in [1.165, 1.54) is 0 Å². The lowest BCUT2D eigenvalue weighted by molar-refractivity contribution is -0.132. The first-order valence-corrected chi connectivity index (χ1v) is 7.89. The first-order valence-electron chi connectivity index (χ1n) is 7.89. The molecular formula is C20H20N2O2. The number of dihydropyridines is 1. The predicted molar refractivity (Wildman–Crippen MR) is 94.2 cm³/mol. The van der Waals surface area contributed by atoms with Crippen molar-refractivity contribution in [1.82, 2.24) is 10.3 Å². The summed E-state index contributed by atoms with van der Waals surface area (Å²) in [4.78, 5) is 16.5. The summed E-state index contributed by atoms with van der Waals surface area (Å²) in [5.41, 5.74) is 5.75. The second-order valence-electron chi connectivity index (χ2n) is 6.01. The van der Waals surface area contributed by atoms with E-state index >= 15 is 0 Å². The first-order chi connectivity index (χ1) is 11.5. The maximum atomic E-state index is 12.0. The molecule has 24 heavy (non-hydrogen) atoms. The Balaban J connectivity index is 2.28. The van der Waals surface area contributed by atoms with E-state index in [4.69, 9.17) is 0 Å². The molecule has 1 unspecified atom stereocenters. The average Bonchev–Trinajstić information content (AvgIpc) is 2.55. The molecule has 1 aliphatic rings. The fourth-order valence-electron chi connectivity index (χ4n) is 3.36. The third-order valence-corrected chi connectivity index (χ3v) is 4.43. The minimum atomic E-state index is -0.908. The van der Waals surface area contributed by atoms with Crippen molar-refractivity contribution in [2.45, 2.75) is 26.7 Å². The molecule has 1 aliphatic heterocycles. The molecule has 0 spiro atoms. The number of allylic oxidation sites excluding steroid dienone is 3. The number of hydrogen-bond donors (Lipinski definition) is 2. The van der Waals surface area contributed by atoms with Gasteiger partial charge >= 0.3 is 5.97 Å². The Kier molecular flexibility index (Phi) is 4.21. The highest BCUT2D eigenvalue weighted by atomic mass is 16.4. The second kappa shape index (κ2) is 6.32. The number of benzene rings is 1. The number of pyridine rings is 1. The van der Waals surface area contributed by atoms with E-state index in [0.717, 1.165) is 28.1 Å². The Morgan fingerprint density at radius 3 is 2.38 bits per heavy atom. The molecule has 3 rings (SSSR count). The quantitative estimate of drug-likeness (QED) is 0.901. The van der Waals surface area contributed by atoms with Gasteiger partial charge in [0.05, 0.1) is 11.3 Å². The molecule has 1 aromatic carbocycles. The molecule has 0 bridgehead atoms. The van der Waals surface area contributed by atoms with Gasteiger partial charge in [0.1, 0.15) is 0 Å². The minimum absolute atomic E-state index is 0.347. The molecule has 0 saturated carbocycles. The van der Waals surface area contributed by atoms with Crippen LogP contribution in [0, 0.1) is 6.92 Å². The molecule has 0 fully saturated rings. The highest BCUT2D eigenvalue weighted by molar-refractivity contribution is 5.96. The summed E-state index contributed by atoms with van der Waals surface area (Å²) in [5.74, 6) is -1.26. The maximum absolute atomic E-state index is 12.0. The van der Waals surface area contributed by atoms with Gasteiger partial charge in [-0.25, -0.2) is 4.79 Å². The van der Waals surface area contributed by atoms with E-state index in [-0.39, 0.29) is 5.92 Å².